The van der Waals surface area contributed by atoms with E-state index < -0.39 is 5.41 Å². The average molecular weight is 363 g/mol. The Morgan fingerprint density at radius 3 is 2.33 bits per heavy atom. The average Bonchev–Trinajstić information content (AvgIpc) is 3.07. The molecule has 1 atom stereocenters. The molecule has 2 fully saturated rings. The van der Waals surface area contributed by atoms with E-state index in [4.69, 9.17) is 5.73 Å². The van der Waals surface area contributed by atoms with Crippen molar-refractivity contribution in [2.45, 2.75) is 32.1 Å². The van der Waals surface area contributed by atoms with E-state index in [1.165, 1.54) is 0 Å². The van der Waals surface area contributed by atoms with Crippen molar-refractivity contribution in [1.29, 1.82) is 0 Å². The molecule has 1 saturated carbocycles. The number of rotatable bonds is 5. The van der Waals surface area contributed by atoms with E-state index in [0.717, 1.165) is 36.0 Å². The third kappa shape index (κ3) is 3.46. The van der Waals surface area contributed by atoms with E-state index in [1.54, 1.807) is 12.4 Å². The highest BCUT2D eigenvalue weighted by Crippen LogP contribution is 2.37. The summed E-state index contributed by atoms with van der Waals surface area (Å²) in [5.74, 6) is 0.0651. The van der Waals surface area contributed by atoms with Gasteiger partial charge in [-0.25, -0.2) is 0 Å². The minimum absolute atomic E-state index is 0.160. The van der Waals surface area contributed by atoms with Crippen LogP contribution in [0.1, 0.15) is 31.2 Å². The maximum absolute atomic E-state index is 12.6. The van der Waals surface area contributed by atoms with Crippen LogP contribution >= 0.6 is 0 Å². The second-order valence-corrected chi connectivity index (χ2v) is 7.89. The van der Waals surface area contributed by atoms with Gasteiger partial charge in [0.25, 0.3) is 0 Å². The van der Waals surface area contributed by atoms with E-state index in [-0.39, 0.29) is 17.7 Å². The quantitative estimate of drug-likeness (QED) is 0.887. The Bertz CT molecular complexity index is 830. The first-order chi connectivity index (χ1) is 13.1. The third-order valence-electron chi connectivity index (χ3n) is 6.15. The molecule has 0 bridgehead atoms. The lowest BCUT2D eigenvalue weighted by molar-refractivity contribution is -0.138. The van der Waals surface area contributed by atoms with Gasteiger partial charge in [0.2, 0.25) is 11.8 Å². The SMILES string of the molecule is NC(=O)[C@]1(Cc2ccc(-c3ccncc3)cc2)CCN(C(=O)C2CCC2)C1. The normalized spacial score (nSPS) is 22.4. The number of likely N-dealkylation sites (tertiary alicyclic amines) is 1. The fourth-order valence-corrected chi connectivity index (χ4v) is 4.16. The number of nitrogens with two attached hydrogens (primary N) is 1. The molecule has 1 aromatic carbocycles. The summed E-state index contributed by atoms with van der Waals surface area (Å²) in [6.45, 7) is 1.08. The molecule has 0 radical (unpaired) electrons. The Hall–Kier alpha value is -2.69. The fourth-order valence-electron chi connectivity index (χ4n) is 4.16. The topological polar surface area (TPSA) is 76.3 Å². The molecule has 1 aromatic heterocycles. The molecular formula is C22H25N3O2. The number of pyridine rings is 1. The summed E-state index contributed by atoms with van der Waals surface area (Å²) in [6, 6.07) is 12.2. The van der Waals surface area contributed by atoms with Crippen LogP contribution in [0.25, 0.3) is 11.1 Å². The van der Waals surface area contributed by atoms with Crippen LogP contribution in [0.4, 0.5) is 0 Å². The Balaban J connectivity index is 1.49. The molecule has 2 N–H and O–H groups in total. The third-order valence-corrected chi connectivity index (χ3v) is 6.15. The molecule has 1 aliphatic carbocycles. The van der Waals surface area contributed by atoms with E-state index in [0.29, 0.717) is 25.9 Å². The van der Waals surface area contributed by atoms with Crippen molar-refractivity contribution in [2.75, 3.05) is 13.1 Å². The van der Waals surface area contributed by atoms with Crippen molar-refractivity contribution < 1.29 is 9.59 Å². The fraction of sp³-hybridized carbons (Fsp3) is 0.409. The van der Waals surface area contributed by atoms with Gasteiger partial charge in [0.1, 0.15) is 0 Å². The Morgan fingerprint density at radius 1 is 1.07 bits per heavy atom. The molecule has 1 saturated heterocycles. The van der Waals surface area contributed by atoms with Gasteiger partial charge in [-0.15, -0.1) is 0 Å². The molecular weight excluding hydrogens is 338 g/mol. The number of hydrogen-bond acceptors (Lipinski definition) is 3. The Kier molecular flexibility index (Phi) is 4.68. The highest BCUT2D eigenvalue weighted by Gasteiger charge is 2.46. The van der Waals surface area contributed by atoms with Crippen LogP contribution in [0.3, 0.4) is 0 Å². The number of primary amides is 1. The van der Waals surface area contributed by atoms with Gasteiger partial charge in [0.15, 0.2) is 0 Å². The lowest BCUT2D eigenvalue weighted by Gasteiger charge is -2.31. The standard InChI is InChI=1S/C22H25N3O2/c23-21(27)22(10-13-25(15-22)20(26)19-2-1-3-19)14-16-4-6-17(7-5-16)18-8-11-24-12-9-18/h4-9,11-12,19H,1-3,10,13-15H2,(H2,23,27)/t22-/m0/s1. The van der Waals surface area contributed by atoms with Crippen LogP contribution in [-0.4, -0.2) is 34.8 Å². The Labute approximate surface area is 159 Å². The van der Waals surface area contributed by atoms with E-state index in [9.17, 15) is 9.59 Å². The first-order valence-corrected chi connectivity index (χ1v) is 9.65. The molecule has 2 heterocycles. The maximum atomic E-state index is 12.6. The number of aromatic nitrogens is 1. The monoisotopic (exact) mass is 363 g/mol. The minimum Gasteiger partial charge on any atom is -0.369 e. The van der Waals surface area contributed by atoms with Crippen molar-refractivity contribution in [3.8, 4) is 11.1 Å². The zero-order valence-electron chi connectivity index (χ0n) is 15.4. The molecule has 4 rings (SSSR count). The van der Waals surface area contributed by atoms with Gasteiger partial charge in [0.05, 0.1) is 5.41 Å². The van der Waals surface area contributed by atoms with Crippen LogP contribution in [0.5, 0.6) is 0 Å². The van der Waals surface area contributed by atoms with Crippen LogP contribution < -0.4 is 5.73 Å². The summed E-state index contributed by atoms with van der Waals surface area (Å²) < 4.78 is 0. The first kappa shape index (κ1) is 17.7. The Morgan fingerprint density at radius 2 is 1.74 bits per heavy atom. The van der Waals surface area contributed by atoms with Gasteiger partial charge in [-0.2, -0.15) is 0 Å². The molecule has 0 spiro atoms. The van der Waals surface area contributed by atoms with Crippen LogP contribution in [0.15, 0.2) is 48.8 Å². The van der Waals surface area contributed by atoms with Crippen LogP contribution in [-0.2, 0) is 16.0 Å². The number of amides is 2. The van der Waals surface area contributed by atoms with Crippen LogP contribution in [0.2, 0.25) is 0 Å². The van der Waals surface area contributed by atoms with Crippen molar-refractivity contribution in [1.82, 2.24) is 9.88 Å². The molecule has 27 heavy (non-hydrogen) atoms. The van der Waals surface area contributed by atoms with Gasteiger partial charge in [-0.05, 0) is 54.5 Å². The van der Waals surface area contributed by atoms with Crippen molar-refractivity contribution in [3.63, 3.8) is 0 Å². The summed E-state index contributed by atoms with van der Waals surface area (Å²) in [4.78, 5) is 30.8. The van der Waals surface area contributed by atoms with Gasteiger partial charge >= 0.3 is 0 Å². The summed E-state index contributed by atoms with van der Waals surface area (Å²) in [7, 11) is 0. The lowest BCUT2D eigenvalue weighted by atomic mass is 9.79. The molecule has 0 unspecified atom stereocenters. The van der Waals surface area contributed by atoms with Gasteiger partial charge in [-0.1, -0.05) is 30.7 Å². The van der Waals surface area contributed by atoms with Crippen molar-refractivity contribution in [3.05, 3.63) is 54.4 Å². The second kappa shape index (κ2) is 7.14. The number of nitrogens with zero attached hydrogens (tertiary/aromatic N) is 2. The van der Waals surface area contributed by atoms with Crippen LogP contribution in [0, 0.1) is 11.3 Å². The molecule has 1 aliphatic heterocycles. The molecule has 2 aliphatic rings. The molecule has 140 valence electrons. The number of carbonyl (C=O) groups is 2. The van der Waals surface area contributed by atoms with E-state index in [1.807, 2.05) is 17.0 Å². The zero-order valence-corrected chi connectivity index (χ0v) is 15.4. The van der Waals surface area contributed by atoms with Gasteiger partial charge < -0.3 is 10.6 Å². The number of hydrogen-bond donors (Lipinski definition) is 1. The summed E-state index contributed by atoms with van der Waals surface area (Å²) in [5.41, 5.74) is 8.45. The van der Waals surface area contributed by atoms with Gasteiger partial charge in [-0.3, -0.25) is 14.6 Å². The molecule has 2 amide bonds. The predicted octanol–water partition coefficient (Wildman–Crippen LogP) is 2.80. The largest absolute Gasteiger partial charge is 0.369 e. The molecule has 2 aromatic rings. The highest BCUT2D eigenvalue weighted by molar-refractivity contribution is 5.85. The smallest absolute Gasteiger partial charge is 0.225 e. The molecule has 5 heteroatoms. The highest BCUT2D eigenvalue weighted by atomic mass is 16.2. The van der Waals surface area contributed by atoms with Gasteiger partial charge in [0, 0.05) is 31.4 Å². The predicted molar refractivity (Wildman–Crippen MR) is 104 cm³/mol. The minimum atomic E-state index is -0.655. The number of carbonyl (C=O) groups excluding carboxylic acids is 2. The van der Waals surface area contributed by atoms with Crippen molar-refractivity contribution in [2.24, 2.45) is 17.1 Å². The lowest BCUT2D eigenvalue weighted by Crippen LogP contribution is -2.44. The summed E-state index contributed by atoms with van der Waals surface area (Å²) in [6.07, 6.45) is 7.87. The zero-order chi connectivity index (χ0) is 18.9. The first-order valence-electron chi connectivity index (χ1n) is 9.65. The van der Waals surface area contributed by atoms with Crippen molar-refractivity contribution >= 4 is 11.8 Å². The maximum Gasteiger partial charge on any atom is 0.225 e. The second-order valence-electron chi connectivity index (χ2n) is 7.89. The summed E-state index contributed by atoms with van der Waals surface area (Å²) >= 11 is 0. The number of benzene rings is 1. The molecule has 5 nitrogen and oxygen atoms in total. The summed E-state index contributed by atoms with van der Waals surface area (Å²) in [5, 5.41) is 0. The van der Waals surface area contributed by atoms with E-state index in [2.05, 4.69) is 29.2 Å². The van der Waals surface area contributed by atoms with E-state index >= 15 is 0 Å².